The van der Waals surface area contributed by atoms with Crippen molar-refractivity contribution in [3.05, 3.63) is 24.0 Å². The van der Waals surface area contributed by atoms with Crippen molar-refractivity contribution in [2.24, 2.45) is 5.73 Å². The number of pyridine rings is 1. The van der Waals surface area contributed by atoms with Crippen molar-refractivity contribution in [2.45, 2.75) is 12.5 Å². The number of nitrogens with zero attached hydrogens (tertiary/aromatic N) is 2. The molecule has 2 N–H and O–H groups in total. The van der Waals surface area contributed by atoms with Crippen molar-refractivity contribution in [1.82, 2.24) is 4.98 Å². The lowest BCUT2D eigenvalue weighted by molar-refractivity contribution is -0.119. The number of likely N-dealkylation sites (N-methyl/N-ethyl adjacent to an activating group) is 1. The molecule has 0 aromatic carbocycles. The summed E-state index contributed by atoms with van der Waals surface area (Å²) < 4.78 is 0. The predicted molar refractivity (Wildman–Crippen MR) is 49.3 cm³/mol. The van der Waals surface area contributed by atoms with E-state index in [1.807, 2.05) is 6.07 Å². The topological polar surface area (TPSA) is 59.2 Å². The molecule has 0 aliphatic carbocycles. The van der Waals surface area contributed by atoms with E-state index >= 15 is 0 Å². The number of anilines is 1. The van der Waals surface area contributed by atoms with E-state index in [0.29, 0.717) is 6.42 Å². The van der Waals surface area contributed by atoms with Crippen LogP contribution in [0.3, 0.4) is 0 Å². The molecule has 4 heteroatoms. The zero-order chi connectivity index (χ0) is 9.42. The SMILES string of the molecule is CN1C(=O)C(N)Cc2cnccc21. The van der Waals surface area contributed by atoms with Gasteiger partial charge in [-0.1, -0.05) is 0 Å². The van der Waals surface area contributed by atoms with Gasteiger partial charge in [0.25, 0.3) is 0 Å². The van der Waals surface area contributed by atoms with E-state index in [4.69, 9.17) is 5.73 Å². The highest BCUT2D eigenvalue weighted by Crippen LogP contribution is 2.24. The van der Waals surface area contributed by atoms with Crippen molar-refractivity contribution >= 4 is 11.6 Å². The maximum atomic E-state index is 11.5. The Morgan fingerprint density at radius 3 is 3.23 bits per heavy atom. The number of amides is 1. The molecule has 1 unspecified atom stereocenters. The first kappa shape index (κ1) is 8.19. The second kappa shape index (κ2) is 2.81. The fourth-order valence-corrected chi connectivity index (χ4v) is 1.60. The second-order valence-corrected chi connectivity index (χ2v) is 3.21. The Bertz CT molecular complexity index is 350. The largest absolute Gasteiger partial charge is 0.320 e. The molecule has 1 atom stereocenters. The Hall–Kier alpha value is -1.42. The molecular weight excluding hydrogens is 166 g/mol. The molecule has 68 valence electrons. The van der Waals surface area contributed by atoms with Gasteiger partial charge in [0.1, 0.15) is 0 Å². The summed E-state index contributed by atoms with van der Waals surface area (Å²) in [6.07, 6.45) is 4.03. The van der Waals surface area contributed by atoms with E-state index in [2.05, 4.69) is 4.98 Å². The molecule has 0 saturated carbocycles. The normalized spacial score (nSPS) is 21.5. The van der Waals surface area contributed by atoms with Crippen LogP contribution >= 0.6 is 0 Å². The van der Waals surface area contributed by atoms with Crippen LogP contribution in [0.25, 0.3) is 0 Å². The van der Waals surface area contributed by atoms with Crippen LogP contribution in [0, 0.1) is 0 Å². The molecule has 2 rings (SSSR count). The smallest absolute Gasteiger partial charge is 0.243 e. The molecule has 13 heavy (non-hydrogen) atoms. The highest BCUT2D eigenvalue weighted by Gasteiger charge is 2.27. The molecular formula is C9H11N3O. The zero-order valence-corrected chi connectivity index (χ0v) is 7.40. The van der Waals surface area contributed by atoms with E-state index in [1.165, 1.54) is 0 Å². The van der Waals surface area contributed by atoms with Crippen LogP contribution in [0.1, 0.15) is 5.56 Å². The van der Waals surface area contributed by atoms with E-state index < -0.39 is 6.04 Å². The highest BCUT2D eigenvalue weighted by molar-refractivity contribution is 5.99. The van der Waals surface area contributed by atoms with E-state index in [9.17, 15) is 4.79 Å². The third-order valence-electron chi connectivity index (χ3n) is 2.33. The number of aromatic nitrogens is 1. The zero-order valence-electron chi connectivity index (χ0n) is 7.40. The molecule has 1 aromatic rings. The third kappa shape index (κ3) is 1.19. The average Bonchev–Trinajstić information content (AvgIpc) is 2.15. The minimum absolute atomic E-state index is 0.0290. The number of fused-ring (bicyclic) bond motifs is 1. The predicted octanol–water partition coefficient (Wildman–Crippen LogP) is -0.0722. The number of nitrogens with two attached hydrogens (primary N) is 1. The molecule has 1 aliphatic heterocycles. The molecule has 0 fully saturated rings. The molecule has 2 heterocycles. The Labute approximate surface area is 76.4 Å². The van der Waals surface area contributed by atoms with Gasteiger partial charge in [-0.15, -0.1) is 0 Å². The summed E-state index contributed by atoms with van der Waals surface area (Å²) in [5.74, 6) is -0.0290. The highest BCUT2D eigenvalue weighted by atomic mass is 16.2. The fraction of sp³-hybridized carbons (Fsp3) is 0.333. The van der Waals surface area contributed by atoms with Gasteiger partial charge in [-0.25, -0.2) is 0 Å². The van der Waals surface area contributed by atoms with Gasteiger partial charge in [0.2, 0.25) is 5.91 Å². The van der Waals surface area contributed by atoms with Gasteiger partial charge in [-0.05, 0) is 11.6 Å². The van der Waals surface area contributed by atoms with Crippen molar-refractivity contribution < 1.29 is 4.79 Å². The minimum atomic E-state index is -0.415. The van der Waals surface area contributed by atoms with Crippen molar-refractivity contribution in [3.63, 3.8) is 0 Å². The van der Waals surface area contributed by atoms with Gasteiger partial charge in [-0.3, -0.25) is 9.78 Å². The minimum Gasteiger partial charge on any atom is -0.320 e. The first-order valence-corrected chi connectivity index (χ1v) is 4.16. The van der Waals surface area contributed by atoms with Crippen LogP contribution in [0.5, 0.6) is 0 Å². The van der Waals surface area contributed by atoms with Crippen molar-refractivity contribution in [1.29, 1.82) is 0 Å². The Kier molecular flexibility index (Phi) is 1.77. The standard InChI is InChI=1S/C9H11N3O/c1-12-8-2-3-11-5-6(8)4-7(10)9(12)13/h2-3,5,7H,4,10H2,1H3. The van der Waals surface area contributed by atoms with E-state index in [-0.39, 0.29) is 5.91 Å². The second-order valence-electron chi connectivity index (χ2n) is 3.21. The lowest BCUT2D eigenvalue weighted by Gasteiger charge is -2.28. The Morgan fingerprint density at radius 1 is 1.69 bits per heavy atom. The Balaban J connectivity index is 2.49. The Morgan fingerprint density at radius 2 is 2.46 bits per heavy atom. The third-order valence-corrected chi connectivity index (χ3v) is 2.33. The van der Waals surface area contributed by atoms with Crippen LogP contribution in [-0.2, 0) is 11.2 Å². The van der Waals surface area contributed by atoms with Gasteiger partial charge in [-0.2, -0.15) is 0 Å². The monoisotopic (exact) mass is 177 g/mol. The summed E-state index contributed by atoms with van der Waals surface area (Å²) in [7, 11) is 1.74. The van der Waals surface area contributed by atoms with Gasteiger partial charge >= 0.3 is 0 Å². The summed E-state index contributed by atoms with van der Waals surface area (Å²) in [5.41, 5.74) is 7.62. The summed E-state index contributed by atoms with van der Waals surface area (Å²) in [6, 6.07) is 1.42. The summed E-state index contributed by atoms with van der Waals surface area (Å²) in [5, 5.41) is 0. The molecule has 4 nitrogen and oxygen atoms in total. The first-order chi connectivity index (χ1) is 6.20. The maximum Gasteiger partial charge on any atom is 0.243 e. The number of hydrogen-bond donors (Lipinski definition) is 1. The quantitative estimate of drug-likeness (QED) is 0.603. The lowest BCUT2D eigenvalue weighted by atomic mass is 10.0. The van der Waals surface area contributed by atoms with Gasteiger partial charge < -0.3 is 10.6 Å². The fourth-order valence-electron chi connectivity index (χ4n) is 1.60. The summed E-state index contributed by atoms with van der Waals surface area (Å²) >= 11 is 0. The van der Waals surface area contributed by atoms with Gasteiger partial charge in [0, 0.05) is 31.5 Å². The molecule has 0 bridgehead atoms. The van der Waals surface area contributed by atoms with Gasteiger partial charge in [0.15, 0.2) is 0 Å². The number of carbonyl (C=O) groups excluding carboxylic acids is 1. The van der Waals surface area contributed by atoms with Crippen molar-refractivity contribution in [2.75, 3.05) is 11.9 Å². The lowest BCUT2D eigenvalue weighted by Crippen LogP contribution is -2.47. The molecule has 0 radical (unpaired) electrons. The van der Waals surface area contributed by atoms with Crippen LogP contribution in [0.4, 0.5) is 5.69 Å². The molecule has 0 spiro atoms. The molecule has 1 amide bonds. The van der Waals surface area contributed by atoms with Gasteiger partial charge in [0.05, 0.1) is 6.04 Å². The van der Waals surface area contributed by atoms with E-state index in [1.54, 1.807) is 24.3 Å². The number of hydrogen-bond acceptors (Lipinski definition) is 3. The molecule has 0 saturated heterocycles. The average molecular weight is 177 g/mol. The first-order valence-electron chi connectivity index (χ1n) is 4.16. The molecule has 1 aliphatic rings. The molecule has 1 aromatic heterocycles. The van der Waals surface area contributed by atoms with Crippen molar-refractivity contribution in [3.8, 4) is 0 Å². The summed E-state index contributed by atoms with van der Waals surface area (Å²) in [4.78, 5) is 17.1. The number of carbonyl (C=O) groups is 1. The van der Waals surface area contributed by atoms with Crippen LogP contribution < -0.4 is 10.6 Å². The van der Waals surface area contributed by atoms with Crippen LogP contribution in [-0.4, -0.2) is 24.0 Å². The van der Waals surface area contributed by atoms with Crippen LogP contribution in [0.2, 0.25) is 0 Å². The number of rotatable bonds is 0. The van der Waals surface area contributed by atoms with Crippen LogP contribution in [0.15, 0.2) is 18.5 Å². The van der Waals surface area contributed by atoms with E-state index in [0.717, 1.165) is 11.3 Å². The summed E-state index contributed by atoms with van der Waals surface area (Å²) in [6.45, 7) is 0. The maximum absolute atomic E-state index is 11.5.